The van der Waals surface area contributed by atoms with Crippen LogP contribution >= 0.6 is 0 Å². The van der Waals surface area contributed by atoms with Crippen molar-refractivity contribution in [1.82, 2.24) is 0 Å². The van der Waals surface area contributed by atoms with Gasteiger partial charge in [0.2, 0.25) is 0 Å². The van der Waals surface area contributed by atoms with Crippen molar-refractivity contribution in [2.75, 3.05) is 5.32 Å². The first-order valence-corrected chi connectivity index (χ1v) is 6.09. The van der Waals surface area contributed by atoms with Gasteiger partial charge in [-0.15, -0.1) is 0 Å². The van der Waals surface area contributed by atoms with E-state index in [9.17, 15) is 9.65 Å². The Kier molecular flexibility index (Phi) is 3.82. The third-order valence-electron chi connectivity index (χ3n) is 2.88. The zero-order chi connectivity index (χ0) is 13.8. The second-order valence-electron chi connectivity index (χ2n) is 4.61. The third kappa shape index (κ3) is 3.11. The van der Waals surface area contributed by atoms with Crippen LogP contribution in [0.5, 0.6) is 0 Å². The predicted octanol–water partition coefficient (Wildman–Crippen LogP) is 4.12. The molecule has 2 nitrogen and oxygen atoms in total. The SMILES string of the molecule is Cc1cc(C)cc(C(C#N)Nc2ccccc2F)c1. The summed E-state index contributed by atoms with van der Waals surface area (Å²) >= 11 is 0. The fraction of sp³-hybridized carbons (Fsp3) is 0.188. The summed E-state index contributed by atoms with van der Waals surface area (Å²) < 4.78 is 13.6. The fourth-order valence-corrected chi connectivity index (χ4v) is 2.10. The van der Waals surface area contributed by atoms with E-state index in [1.165, 1.54) is 6.07 Å². The molecule has 0 amide bonds. The van der Waals surface area contributed by atoms with Gasteiger partial charge in [-0.25, -0.2) is 4.39 Å². The number of halogens is 1. The molecular weight excluding hydrogens is 239 g/mol. The van der Waals surface area contributed by atoms with Crippen molar-refractivity contribution in [3.63, 3.8) is 0 Å². The van der Waals surface area contributed by atoms with Gasteiger partial charge >= 0.3 is 0 Å². The Hall–Kier alpha value is -2.34. The summed E-state index contributed by atoms with van der Waals surface area (Å²) in [5, 5.41) is 12.2. The van der Waals surface area contributed by atoms with Crippen molar-refractivity contribution in [2.24, 2.45) is 0 Å². The van der Waals surface area contributed by atoms with Crippen molar-refractivity contribution >= 4 is 5.69 Å². The molecule has 2 rings (SSSR count). The van der Waals surface area contributed by atoms with Crippen LogP contribution in [0.3, 0.4) is 0 Å². The Morgan fingerprint density at radius 1 is 1.11 bits per heavy atom. The van der Waals surface area contributed by atoms with Gasteiger partial charge in [0.1, 0.15) is 11.9 Å². The molecule has 2 aromatic rings. The smallest absolute Gasteiger partial charge is 0.146 e. The molecule has 0 aliphatic rings. The van der Waals surface area contributed by atoms with E-state index in [4.69, 9.17) is 0 Å². The lowest BCUT2D eigenvalue weighted by Crippen LogP contribution is -2.10. The number of para-hydroxylation sites is 1. The Morgan fingerprint density at radius 3 is 2.32 bits per heavy atom. The molecule has 0 spiro atoms. The minimum absolute atomic E-state index is 0.341. The standard InChI is InChI=1S/C16H15FN2/c1-11-7-12(2)9-13(8-11)16(10-18)19-15-6-4-3-5-14(15)17/h3-9,16,19H,1-2H3. The van der Waals surface area contributed by atoms with Gasteiger partial charge in [0.05, 0.1) is 11.8 Å². The van der Waals surface area contributed by atoms with Gasteiger partial charge in [-0.1, -0.05) is 41.5 Å². The Morgan fingerprint density at radius 2 is 1.74 bits per heavy atom. The number of rotatable bonds is 3. The molecule has 2 aromatic carbocycles. The second kappa shape index (κ2) is 5.53. The van der Waals surface area contributed by atoms with E-state index in [2.05, 4.69) is 11.4 Å². The lowest BCUT2D eigenvalue weighted by atomic mass is 10.0. The fourth-order valence-electron chi connectivity index (χ4n) is 2.10. The zero-order valence-electron chi connectivity index (χ0n) is 10.9. The average molecular weight is 254 g/mol. The molecule has 0 saturated carbocycles. The number of nitrogens with zero attached hydrogens (tertiary/aromatic N) is 1. The summed E-state index contributed by atoms with van der Waals surface area (Å²) in [4.78, 5) is 0. The van der Waals surface area contributed by atoms with Crippen LogP contribution in [0.4, 0.5) is 10.1 Å². The number of nitriles is 1. The number of aryl methyl sites for hydroxylation is 2. The molecule has 0 aliphatic heterocycles. The topological polar surface area (TPSA) is 35.8 Å². The first kappa shape index (κ1) is 13.1. The monoisotopic (exact) mass is 254 g/mol. The Bertz CT molecular complexity index is 609. The van der Waals surface area contributed by atoms with E-state index >= 15 is 0 Å². The summed E-state index contributed by atoms with van der Waals surface area (Å²) in [6, 6.07) is 13.9. The molecule has 19 heavy (non-hydrogen) atoms. The van der Waals surface area contributed by atoms with E-state index < -0.39 is 6.04 Å². The van der Waals surface area contributed by atoms with E-state index in [-0.39, 0.29) is 5.82 Å². The van der Waals surface area contributed by atoms with Crippen LogP contribution in [0.15, 0.2) is 42.5 Å². The number of hydrogen-bond donors (Lipinski definition) is 1. The van der Waals surface area contributed by atoms with Crippen LogP contribution in [-0.4, -0.2) is 0 Å². The lowest BCUT2D eigenvalue weighted by Gasteiger charge is -2.15. The van der Waals surface area contributed by atoms with Crippen LogP contribution in [-0.2, 0) is 0 Å². The van der Waals surface area contributed by atoms with Crippen molar-refractivity contribution < 1.29 is 4.39 Å². The highest BCUT2D eigenvalue weighted by Gasteiger charge is 2.13. The molecule has 0 saturated heterocycles. The molecule has 1 N–H and O–H groups in total. The predicted molar refractivity (Wildman–Crippen MR) is 74.3 cm³/mol. The number of hydrogen-bond acceptors (Lipinski definition) is 2. The maximum atomic E-state index is 13.6. The normalized spacial score (nSPS) is 11.7. The number of anilines is 1. The van der Waals surface area contributed by atoms with Crippen LogP contribution in [0.1, 0.15) is 22.7 Å². The largest absolute Gasteiger partial charge is 0.364 e. The van der Waals surface area contributed by atoms with Crippen molar-refractivity contribution in [3.05, 3.63) is 65.0 Å². The molecule has 0 aliphatic carbocycles. The van der Waals surface area contributed by atoms with Crippen LogP contribution in [0.2, 0.25) is 0 Å². The van der Waals surface area contributed by atoms with E-state index in [0.717, 1.165) is 16.7 Å². The van der Waals surface area contributed by atoms with Gasteiger partial charge in [0.25, 0.3) is 0 Å². The minimum Gasteiger partial charge on any atom is -0.364 e. The maximum Gasteiger partial charge on any atom is 0.146 e. The second-order valence-corrected chi connectivity index (χ2v) is 4.61. The van der Waals surface area contributed by atoms with E-state index in [1.807, 2.05) is 32.0 Å². The van der Waals surface area contributed by atoms with Crippen molar-refractivity contribution in [2.45, 2.75) is 19.9 Å². The molecule has 0 fully saturated rings. The van der Waals surface area contributed by atoms with Gasteiger partial charge in [-0.05, 0) is 31.5 Å². The van der Waals surface area contributed by atoms with Gasteiger partial charge in [-0.2, -0.15) is 5.26 Å². The minimum atomic E-state index is -0.560. The molecule has 1 atom stereocenters. The van der Waals surface area contributed by atoms with Crippen LogP contribution in [0, 0.1) is 31.0 Å². The lowest BCUT2D eigenvalue weighted by molar-refractivity contribution is 0.629. The average Bonchev–Trinajstić information content (AvgIpc) is 2.36. The summed E-state index contributed by atoms with van der Waals surface area (Å²) in [5.41, 5.74) is 3.37. The highest BCUT2D eigenvalue weighted by atomic mass is 19.1. The first-order valence-electron chi connectivity index (χ1n) is 6.09. The summed E-state index contributed by atoms with van der Waals surface area (Å²) in [5.74, 6) is -0.355. The highest BCUT2D eigenvalue weighted by Crippen LogP contribution is 2.23. The Labute approximate surface area is 112 Å². The van der Waals surface area contributed by atoms with Crippen molar-refractivity contribution in [3.8, 4) is 6.07 Å². The summed E-state index contributed by atoms with van der Waals surface area (Å²) in [6.45, 7) is 3.96. The quantitative estimate of drug-likeness (QED) is 0.894. The summed E-state index contributed by atoms with van der Waals surface area (Å²) in [6.07, 6.45) is 0. The highest BCUT2D eigenvalue weighted by molar-refractivity contribution is 5.49. The molecule has 96 valence electrons. The molecule has 0 radical (unpaired) electrons. The van der Waals surface area contributed by atoms with Gasteiger partial charge in [0.15, 0.2) is 0 Å². The van der Waals surface area contributed by atoms with Gasteiger partial charge in [0, 0.05) is 0 Å². The third-order valence-corrected chi connectivity index (χ3v) is 2.88. The first-order chi connectivity index (χ1) is 9.10. The number of benzene rings is 2. The van der Waals surface area contributed by atoms with Gasteiger partial charge in [-0.3, -0.25) is 0 Å². The molecular formula is C16H15FN2. The van der Waals surface area contributed by atoms with Crippen LogP contribution < -0.4 is 5.32 Å². The molecule has 3 heteroatoms. The molecule has 0 bridgehead atoms. The molecule has 1 unspecified atom stereocenters. The maximum absolute atomic E-state index is 13.6. The van der Waals surface area contributed by atoms with E-state index in [1.54, 1.807) is 18.2 Å². The molecule has 0 heterocycles. The molecule has 0 aromatic heterocycles. The van der Waals surface area contributed by atoms with Gasteiger partial charge < -0.3 is 5.32 Å². The van der Waals surface area contributed by atoms with E-state index in [0.29, 0.717) is 5.69 Å². The number of nitrogens with one attached hydrogen (secondary N) is 1. The van der Waals surface area contributed by atoms with Crippen LogP contribution in [0.25, 0.3) is 0 Å². The zero-order valence-corrected chi connectivity index (χ0v) is 10.9. The van der Waals surface area contributed by atoms with Crippen molar-refractivity contribution in [1.29, 1.82) is 5.26 Å². The Balaban J connectivity index is 2.31. The summed E-state index contributed by atoms with van der Waals surface area (Å²) in [7, 11) is 0.